The predicted octanol–water partition coefficient (Wildman–Crippen LogP) is 3.51. The van der Waals surface area contributed by atoms with Crippen LogP contribution in [0.25, 0.3) is 10.1 Å². The molecule has 2 N–H and O–H groups in total. The summed E-state index contributed by atoms with van der Waals surface area (Å²) in [6.07, 6.45) is 0. The van der Waals surface area contributed by atoms with Gasteiger partial charge >= 0.3 is 0 Å². The van der Waals surface area contributed by atoms with Crippen molar-refractivity contribution < 1.29 is 0 Å². The van der Waals surface area contributed by atoms with Crippen molar-refractivity contribution in [2.75, 3.05) is 5.73 Å². The summed E-state index contributed by atoms with van der Waals surface area (Å²) in [5.74, 6) is 0.493. The van der Waals surface area contributed by atoms with E-state index in [9.17, 15) is 0 Å². The summed E-state index contributed by atoms with van der Waals surface area (Å²) in [6, 6.07) is 3.97. The van der Waals surface area contributed by atoms with Gasteiger partial charge in [0.25, 0.3) is 0 Å². The lowest BCUT2D eigenvalue weighted by Crippen LogP contribution is -1.83. The topological polar surface area (TPSA) is 26.0 Å². The van der Waals surface area contributed by atoms with Gasteiger partial charge in [-0.2, -0.15) is 0 Å². The molecule has 0 fully saturated rings. The van der Waals surface area contributed by atoms with Gasteiger partial charge in [-0.25, -0.2) is 0 Å². The van der Waals surface area contributed by atoms with Crippen molar-refractivity contribution in [3.8, 4) is 0 Å². The Balaban J connectivity index is 2.80. The van der Waals surface area contributed by atoms with Crippen LogP contribution in [0.3, 0.4) is 0 Å². The van der Waals surface area contributed by atoms with Crippen LogP contribution in [0.5, 0.6) is 0 Å². The zero-order valence-electron chi connectivity index (χ0n) is 6.75. The Morgan fingerprint density at radius 1 is 1.46 bits per heavy atom. The Morgan fingerprint density at radius 3 is 2.92 bits per heavy atom. The van der Waals surface area contributed by atoms with Gasteiger partial charge in [-0.15, -0.1) is 35.6 Å². The van der Waals surface area contributed by atoms with Crippen LogP contribution in [0.15, 0.2) is 22.4 Å². The Labute approximate surface area is 90.9 Å². The summed E-state index contributed by atoms with van der Waals surface area (Å²) in [6.45, 7) is 0. The number of alkyl halides is 1. The number of benzene rings is 1. The summed E-state index contributed by atoms with van der Waals surface area (Å²) in [5, 5.41) is 3.01. The molecule has 13 heavy (non-hydrogen) atoms. The number of hydrogen-bond acceptors (Lipinski definition) is 3. The van der Waals surface area contributed by atoms with Crippen LogP contribution >= 0.6 is 35.6 Å². The number of anilines is 1. The second kappa shape index (κ2) is 3.40. The first-order valence-electron chi connectivity index (χ1n) is 3.77. The number of nitrogen functional groups attached to an aromatic ring is 1. The van der Waals surface area contributed by atoms with E-state index in [0.29, 0.717) is 5.88 Å². The molecule has 1 aromatic heterocycles. The van der Waals surface area contributed by atoms with Crippen molar-refractivity contribution in [2.24, 2.45) is 0 Å². The van der Waals surface area contributed by atoms with Crippen molar-refractivity contribution in [1.82, 2.24) is 0 Å². The van der Waals surface area contributed by atoms with E-state index in [1.165, 1.54) is 0 Å². The highest BCUT2D eigenvalue weighted by atomic mass is 35.5. The Bertz CT molecular complexity index is 450. The van der Waals surface area contributed by atoms with Crippen molar-refractivity contribution in [3.63, 3.8) is 0 Å². The third kappa shape index (κ3) is 1.41. The minimum Gasteiger partial charge on any atom is -0.398 e. The molecule has 0 atom stereocenters. The number of nitrogens with two attached hydrogens (primary N) is 1. The highest BCUT2D eigenvalue weighted by Crippen LogP contribution is 2.35. The fourth-order valence-corrected chi connectivity index (χ4v) is 2.93. The summed E-state index contributed by atoms with van der Waals surface area (Å²) in [7, 11) is 0. The molecule has 4 heteroatoms. The number of hydrogen-bond donors (Lipinski definition) is 2. The van der Waals surface area contributed by atoms with Crippen LogP contribution in [-0.4, -0.2) is 0 Å². The van der Waals surface area contributed by atoms with E-state index >= 15 is 0 Å². The summed E-state index contributed by atoms with van der Waals surface area (Å²) < 4.78 is 1.12. The minimum absolute atomic E-state index is 0.493. The van der Waals surface area contributed by atoms with E-state index in [0.717, 1.165) is 26.2 Å². The van der Waals surface area contributed by atoms with Crippen molar-refractivity contribution in [1.29, 1.82) is 0 Å². The quantitative estimate of drug-likeness (QED) is 0.568. The first-order chi connectivity index (χ1) is 6.24. The second-order valence-electron chi connectivity index (χ2n) is 2.77. The first kappa shape index (κ1) is 9.19. The van der Waals surface area contributed by atoms with Gasteiger partial charge in [0, 0.05) is 21.5 Å². The minimum atomic E-state index is 0.493. The maximum absolute atomic E-state index is 5.78. The third-order valence-electron chi connectivity index (χ3n) is 1.97. The molecule has 0 bridgehead atoms. The van der Waals surface area contributed by atoms with Crippen molar-refractivity contribution in [2.45, 2.75) is 10.8 Å². The molecule has 68 valence electrons. The zero-order chi connectivity index (χ0) is 9.42. The smallest absolute Gasteiger partial charge is 0.0503 e. The molecule has 0 saturated carbocycles. The monoisotopic (exact) mass is 229 g/mol. The van der Waals surface area contributed by atoms with E-state index in [2.05, 4.69) is 12.6 Å². The largest absolute Gasteiger partial charge is 0.398 e. The highest BCUT2D eigenvalue weighted by Gasteiger charge is 2.07. The summed E-state index contributed by atoms with van der Waals surface area (Å²) in [4.78, 5) is 0.953. The van der Waals surface area contributed by atoms with Gasteiger partial charge in [0.1, 0.15) is 0 Å². The molecule has 2 rings (SSSR count). The molecule has 0 aliphatic heterocycles. The Kier molecular flexibility index (Phi) is 2.41. The van der Waals surface area contributed by atoms with E-state index < -0.39 is 0 Å². The summed E-state index contributed by atoms with van der Waals surface area (Å²) in [5.41, 5.74) is 7.65. The molecule has 1 nitrogen and oxygen atoms in total. The molecule has 1 heterocycles. The third-order valence-corrected chi connectivity index (χ3v) is 3.96. The number of thiol groups is 1. The van der Waals surface area contributed by atoms with E-state index in [1.807, 2.05) is 17.5 Å². The predicted molar refractivity (Wildman–Crippen MR) is 63.0 cm³/mol. The van der Waals surface area contributed by atoms with Gasteiger partial charge in [0.2, 0.25) is 0 Å². The Hall–Kier alpha value is -0.380. The fourth-order valence-electron chi connectivity index (χ4n) is 1.25. The zero-order valence-corrected chi connectivity index (χ0v) is 9.22. The fraction of sp³-hybridized carbons (Fsp3) is 0.111. The van der Waals surface area contributed by atoms with Gasteiger partial charge in [0.15, 0.2) is 0 Å². The van der Waals surface area contributed by atoms with Crippen LogP contribution in [0.4, 0.5) is 5.69 Å². The van der Waals surface area contributed by atoms with Gasteiger partial charge in [-0.3, -0.25) is 0 Å². The van der Waals surface area contributed by atoms with Crippen LogP contribution in [0, 0.1) is 0 Å². The number of rotatable bonds is 1. The van der Waals surface area contributed by atoms with E-state index in [4.69, 9.17) is 17.3 Å². The molecule has 0 amide bonds. The molecular weight excluding hydrogens is 222 g/mol. The molecule has 0 aliphatic carbocycles. The van der Waals surface area contributed by atoms with Crippen LogP contribution < -0.4 is 5.73 Å². The molecule has 0 unspecified atom stereocenters. The first-order valence-corrected chi connectivity index (χ1v) is 5.63. The lowest BCUT2D eigenvalue weighted by molar-refractivity contribution is 1.32. The average Bonchev–Trinajstić information content (AvgIpc) is 2.50. The highest BCUT2D eigenvalue weighted by molar-refractivity contribution is 7.80. The molecule has 0 radical (unpaired) electrons. The molecule has 1 aromatic carbocycles. The van der Waals surface area contributed by atoms with Crippen LogP contribution in [0.1, 0.15) is 5.56 Å². The van der Waals surface area contributed by atoms with Gasteiger partial charge in [-0.05, 0) is 5.56 Å². The number of fused-ring (bicyclic) bond motifs is 1. The average molecular weight is 230 g/mol. The molecule has 0 aliphatic rings. The molecule has 0 saturated heterocycles. The van der Waals surface area contributed by atoms with Gasteiger partial charge < -0.3 is 5.73 Å². The summed E-state index contributed by atoms with van der Waals surface area (Å²) >= 11 is 11.8. The van der Waals surface area contributed by atoms with Crippen molar-refractivity contribution in [3.05, 3.63) is 23.1 Å². The molecule has 0 spiro atoms. The number of thiophene rings is 1. The Morgan fingerprint density at radius 2 is 2.23 bits per heavy atom. The normalized spacial score (nSPS) is 10.9. The van der Waals surface area contributed by atoms with Crippen molar-refractivity contribution >= 4 is 51.3 Å². The van der Waals surface area contributed by atoms with Crippen LogP contribution in [-0.2, 0) is 5.88 Å². The maximum Gasteiger partial charge on any atom is 0.0503 e. The maximum atomic E-state index is 5.78. The van der Waals surface area contributed by atoms with E-state index in [-0.39, 0.29) is 0 Å². The molecule has 2 aromatic rings. The lowest BCUT2D eigenvalue weighted by Gasteiger charge is -2.01. The van der Waals surface area contributed by atoms with E-state index in [1.54, 1.807) is 11.3 Å². The van der Waals surface area contributed by atoms with Crippen LogP contribution in [0.2, 0.25) is 0 Å². The lowest BCUT2D eigenvalue weighted by atomic mass is 10.2. The second-order valence-corrected chi connectivity index (χ2v) is 4.37. The number of halogens is 1. The SMILES string of the molecule is Nc1csc2c(S)c(CCl)ccc12. The standard InChI is InChI=1S/C9H8ClNS2/c10-3-5-1-2-6-7(11)4-13-9(6)8(5)12/h1-2,4,12H,3,11H2. The van der Waals surface area contributed by atoms with Gasteiger partial charge in [0.05, 0.1) is 10.4 Å². The molecular formula is C9H8ClNS2. The van der Waals surface area contributed by atoms with Gasteiger partial charge in [-0.1, -0.05) is 12.1 Å².